The maximum Gasteiger partial charge on any atom is 0.232 e. The maximum absolute atomic E-state index is 5.32. The monoisotopic (exact) mass is 360 g/mol. The van der Waals surface area contributed by atoms with Crippen LogP contribution in [0.15, 0.2) is 18.7 Å². The number of thiocarbonyl (C=S) groups is 1. The number of aromatic nitrogens is 2. The minimum atomic E-state index is 0.525. The number of hydrogen-bond donors (Lipinski definition) is 2. The predicted octanol–water partition coefficient (Wildman–Crippen LogP) is 2.79. The fourth-order valence-electron chi connectivity index (χ4n) is 3.30. The zero-order valence-corrected chi connectivity index (χ0v) is 15.8. The van der Waals surface area contributed by atoms with Gasteiger partial charge in [0.2, 0.25) is 5.95 Å². The van der Waals surface area contributed by atoms with Crippen molar-refractivity contribution < 1.29 is 0 Å². The summed E-state index contributed by atoms with van der Waals surface area (Å²) in [7, 11) is 0. The van der Waals surface area contributed by atoms with Crippen molar-refractivity contribution >= 4 is 34.9 Å². The van der Waals surface area contributed by atoms with E-state index < -0.39 is 0 Å². The number of nitrogens with one attached hydrogen (secondary N) is 2. The first kappa shape index (κ1) is 17.9. The van der Waals surface area contributed by atoms with Gasteiger partial charge in [-0.05, 0) is 43.8 Å². The Balaban J connectivity index is 1.80. The molecule has 3 heterocycles. The number of piperidine rings is 1. The van der Waals surface area contributed by atoms with E-state index in [0.717, 1.165) is 43.7 Å². The average Bonchev–Trinajstić information content (AvgIpc) is 3.15. The van der Waals surface area contributed by atoms with Crippen molar-refractivity contribution in [3.05, 3.63) is 18.7 Å². The SMILES string of the molecule is C=CCNC(=S)Nc1nc(N2CCCC2)cc(N2CCC(C)CC2)n1. The van der Waals surface area contributed by atoms with Crippen LogP contribution >= 0.6 is 12.2 Å². The fraction of sp³-hybridized carbons (Fsp3) is 0.611. The van der Waals surface area contributed by atoms with Crippen LogP contribution in [0.3, 0.4) is 0 Å². The van der Waals surface area contributed by atoms with Gasteiger partial charge in [0.1, 0.15) is 11.6 Å². The van der Waals surface area contributed by atoms with Gasteiger partial charge in [-0.15, -0.1) is 6.58 Å². The van der Waals surface area contributed by atoms with Gasteiger partial charge in [-0.3, -0.25) is 0 Å². The zero-order valence-electron chi connectivity index (χ0n) is 15.0. The standard InChI is InChI=1S/C18H28N6S/c1-3-8-19-18(25)22-17-20-15(23-9-4-5-10-23)13-16(21-17)24-11-6-14(2)7-12-24/h3,13-14H,1,4-12H2,2H3,(H2,19,20,21,22,25). The Morgan fingerprint density at radius 2 is 1.80 bits per heavy atom. The Morgan fingerprint density at radius 1 is 1.20 bits per heavy atom. The molecular formula is C18H28N6S. The quantitative estimate of drug-likeness (QED) is 0.618. The van der Waals surface area contributed by atoms with E-state index in [-0.39, 0.29) is 0 Å². The fourth-order valence-corrected chi connectivity index (χ4v) is 3.47. The van der Waals surface area contributed by atoms with Crippen molar-refractivity contribution in [3.63, 3.8) is 0 Å². The van der Waals surface area contributed by atoms with Gasteiger partial charge in [0, 0.05) is 38.8 Å². The van der Waals surface area contributed by atoms with Gasteiger partial charge in [-0.25, -0.2) is 0 Å². The molecule has 0 amide bonds. The number of nitrogens with zero attached hydrogens (tertiary/aromatic N) is 4. The molecule has 0 aliphatic carbocycles. The minimum absolute atomic E-state index is 0.525. The van der Waals surface area contributed by atoms with Gasteiger partial charge in [0.15, 0.2) is 5.11 Å². The van der Waals surface area contributed by atoms with Gasteiger partial charge in [0.05, 0.1) is 0 Å². The summed E-state index contributed by atoms with van der Waals surface area (Å²) >= 11 is 5.32. The van der Waals surface area contributed by atoms with E-state index in [0.29, 0.717) is 17.6 Å². The summed E-state index contributed by atoms with van der Waals surface area (Å²) in [5.41, 5.74) is 0. The van der Waals surface area contributed by atoms with Crippen LogP contribution in [0.4, 0.5) is 17.6 Å². The van der Waals surface area contributed by atoms with Crippen LogP contribution in [0, 0.1) is 5.92 Å². The number of anilines is 3. The Morgan fingerprint density at radius 3 is 2.40 bits per heavy atom. The summed E-state index contributed by atoms with van der Waals surface area (Å²) in [6.45, 7) is 10.9. The van der Waals surface area contributed by atoms with Crippen LogP contribution in [0.1, 0.15) is 32.6 Å². The summed E-state index contributed by atoms with van der Waals surface area (Å²) in [5.74, 6) is 3.36. The molecule has 2 aliphatic heterocycles. The third-order valence-electron chi connectivity index (χ3n) is 4.87. The molecule has 0 spiro atoms. The van der Waals surface area contributed by atoms with Crippen LogP contribution in [0.25, 0.3) is 0 Å². The molecule has 0 unspecified atom stereocenters. The lowest BCUT2D eigenvalue weighted by Crippen LogP contribution is -2.34. The zero-order chi connectivity index (χ0) is 17.6. The topological polar surface area (TPSA) is 56.3 Å². The lowest BCUT2D eigenvalue weighted by molar-refractivity contribution is 0.436. The molecule has 7 heteroatoms. The van der Waals surface area contributed by atoms with Crippen molar-refractivity contribution in [2.75, 3.05) is 47.8 Å². The van der Waals surface area contributed by atoms with Crippen molar-refractivity contribution in [2.24, 2.45) is 5.92 Å². The van der Waals surface area contributed by atoms with E-state index in [1.54, 1.807) is 6.08 Å². The lowest BCUT2D eigenvalue weighted by atomic mass is 9.99. The van der Waals surface area contributed by atoms with Gasteiger partial charge < -0.3 is 20.4 Å². The van der Waals surface area contributed by atoms with E-state index in [1.807, 2.05) is 0 Å². The molecule has 0 radical (unpaired) electrons. The normalized spacial score (nSPS) is 18.3. The van der Waals surface area contributed by atoms with Crippen molar-refractivity contribution in [1.29, 1.82) is 0 Å². The van der Waals surface area contributed by atoms with Crippen LogP contribution in [-0.2, 0) is 0 Å². The molecule has 2 aliphatic rings. The molecular weight excluding hydrogens is 332 g/mol. The third kappa shape index (κ3) is 4.81. The highest BCUT2D eigenvalue weighted by Crippen LogP contribution is 2.27. The number of rotatable bonds is 5. The molecule has 3 rings (SSSR count). The highest BCUT2D eigenvalue weighted by molar-refractivity contribution is 7.80. The molecule has 2 N–H and O–H groups in total. The van der Waals surface area contributed by atoms with Crippen molar-refractivity contribution in [2.45, 2.75) is 32.6 Å². The second-order valence-corrected chi connectivity index (χ2v) is 7.30. The predicted molar refractivity (Wildman–Crippen MR) is 109 cm³/mol. The summed E-state index contributed by atoms with van der Waals surface area (Å²) < 4.78 is 0. The van der Waals surface area contributed by atoms with Crippen molar-refractivity contribution in [3.8, 4) is 0 Å². The Bertz CT molecular complexity index is 606. The first-order valence-corrected chi connectivity index (χ1v) is 9.61. The smallest absolute Gasteiger partial charge is 0.232 e. The Hall–Kier alpha value is -1.89. The lowest BCUT2D eigenvalue weighted by Gasteiger charge is -2.32. The van der Waals surface area contributed by atoms with Crippen LogP contribution in [-0.4, -0.2) is 47.8 Å². The van der Waals surface area contributed by atoms with E-state index in [4.69, 9.17) is 22.2 Å². The molecule has 1 aromatic rings. The first-order chi connectivity index (χ1) is 12.2. The van der Waals surface area contributed by atoms with E-state index >= 15 is 0 Å². The second kappa shape index (κ2) is 8.47. The molecule has 0 bridgehead atoms. The van der Waals surface area contributed by atoms with E-state index in [1.165, 1.54) is 25.7 Å². The summed E-state index contributed by atoms with van der Waals surface area (Å²) in [6, 6.07) is 2.13. The molecule has 2 saturated heterocycles. The molecule has 136 valence electrons. The molecule has 1 aromatic heterocycles. The van der Waals surface area contributed by atoms with E-state index in [9.17, 15) is 0 Å². The highest BCUT2D eigenvalue weighted by Gasteiger charge is 2.21. The second-order valence-electron chi connectivity index (χ2n) is 6.90. The van der Waals surface area contributed by atoms with Gasteiger partial charge in [-0.2, -0.15) is 9.97 Å². The number of hydrogen-bond acceptors (Lipinski definition) is 5. The third-order valence-corrected chi connectivity index (χ3v) is 5.12. The van der Waals surface area contributed by atoms with Gasteiger partial charge in [0.25, 0.3) is 0 Å². The van der Waals surface area contributed by atoms with Crippen LogP contribution < -0.4 is 20.4 Å². The van der Waals surface area contributed by atoms with Crippen LogP contribution in [0.2, 0.25) is 0 Å². The molecule has 6 nitrogen and oxygen atoms in total. The highest BCUT2D eigenvalue weighted by atomic mass is 32.1. The Labute approximate surface area is 155 Å². The average molecular weight is 361 g/mol. The molecule has 25 heavy (non-hydrogen) atoms. The van der Waals surface area contributed by atoms with Gasteiger partial charge in [-0.1, -0.05) is 13.0 Å². The first-order valence-electron chi connectivity index (χ1n) is 9.20. The van der Waals surface area contributed by atoms with E-state index in [2.05, 4.69) is 40.0 Å². The molecule has 0 atom stereocenters. The van der Waals surface area contributed by atoms with Gasteiger partial charge >= 0.3 is 0 Å². The largest absolute Gasteiger partial charge is 0.359 e. The Kier molecular flexibility index (Phi) is 6.07. The molecule has 2 fully saturated rings. The van der Waals surface area contributed by atoms with Crippen molar-refractivity contribution in [1.82, 2.24) is 15.3 Å². The molecule has 0 aromatic carbocycles. The summed E-state index contributed by atoms with van der Waals surface area (Å²) in [5, 5.41) is 6.72. The summed E-state index contributed by atoms with van der Waals surface area (Å²) in [6.07, 6.45) is 6.65. The van der Waals surface area contributed by atoms with Crippen LogP contribution in [0.5, 0.6) is 0 Å². The molecule has 0 saturated carbocycles. The summed E-state index contributed by atoms with van der Waals surface area (Å²) in [4.78, 5) is 14.1. The maximum atomic E-state index is 5.32. The minimum Gasteiger partial charge on any atom is -0.359 e.